The van der Waals surface area contributed by atoms with Gasteiger partial charge in [-0.25, -0.2) is 8.42 Å². The van der Waals surface area contributed by atoms with Gasteiger partial charge in [0.1, 0.15) is 6.04 Å². The maximum absolute atomic E-state index is 13.1. The Balaban J connectivity index is 1.45. The second kappa shape index (κ2) is 9.93. The second-order valence-corrected chi connectivity index (χ2v) is 10.4. The Hall–Kier alpha value is -2.91. The number of hydrogen-bond acceptors (Lipinski definition) is 7. The van der Waals surface area contributed by atoms with Crippen LogP contribution in [0.25, 0.3) is 0 Å². The summed E-state index contributed by atoms with van der Waals surface area (Å²) in [6, 6.07) is 13.7. The molecule has 2 aliphatic heterocycles. The minimum absolute atomic E-state index is 0.117. The molecule has 0 saturated carbocycles. The first kappa shape index (κ1) is 23.3. The van der Waals surface area contributed by atoms with E-state index in [2.05, 4.69) is 5.32 Å². The number of amides is 2. The first-order valence-corrected chi connectivity index (χ1v) is 12.9. The zero-order valence-electron chi connectivity index (χ0n) is 17.6. The fraction of sp³-hybridized carbons (Fsp3) is 0.318. The van der Waals surface area contributed by atoms with Crippen LogP contribution in [0, 0.1) is 11.3 Å². The van der Waals surface area contributed by atoms with Crippen molar-refractivity contribution in [2.75, 3.05) is 43.2 Å². The summed E-state index contributed by atoms with van der Waals surface area (Å²) in [6.45, 7) is 1.30. The maximum atomic E-state index is 13.1. The van der Waals surface area contributed by atoms with Crippen molar-refractivity contribution in [2.24, 2.45) is 0 Å². The number of ether oxygens (including phenoxy) is 1. The van der Waals surface area contributed by atoms with E-state index in [0.717, 1.165) is 0 Å². The monoisotopic (exact) mass is 486 g/mol. The predicted octanol–water partition coefficient (Wildman–Crippen LogP) is 1.73. The van der Waals surface area contributed by atoms with Crippen LogP contribution in [-0.2, 0) is 19.6 Å². The van der Waals surface area contributed by atoms with Crippen molar-refractivity contribution in [1.82, 2.24) is 9.21 Å². The minimum atomic E-state index is -3.65. The smallest absolute Gasteiger partial charge is 0.255 e. The van der Waals surface area contributed by atoms with E-state index in [4.69, 9.17) is 10.00 Å². The van der Waals surface area contributed by atoms with Gasteiger partial charge in [0.15, 0.2) is 0 Å². The highest BCUT2D eigenvalue weighted by atomic mass is 32.2. The van der Waals surface area contributed by atoms with Crippen LogP contribution in [0.3, 0.4) is 0 Å². The summed E-state index contributed by atoms with van der Waals surface area (Å²) in [5.41, 5.74) is 1.34. The molecule has 4 rings (SSSR count). The number of carbonyl (C=O) groups is 2. The maximum Gasteiger partial charge on any atom is 0.255 e. The Morgan fingerprint density at radius 1 is 1.06 bits per heavy atom. The molecule has 0 spiro atoms. The van der Waals surface area contributed by atoms with Crippen molar-refractivity contribution in [3.8, 4) is 6.07 Å². The van der Waals surface area contributed by atoms with Crippen molar-refractivity contribution >= 4 is 39.3 Å². The average molecular weight is 487 g/mol. The Morgan fingerprint density at radius 2 is 1.73 bits per heavy atom. The lowest BCUT2D eigenvalue weighted by atomic mass is 10.1. The lowest BCUT2D eigenvalue weighted by Crippen LogP contribution is -2.44. The number of nitrogens with one attached hydrogen (secondary N) is 1. The van der Waals surface area contributed by atoms with E-state index in [0.29, 0.717) is 54.7 Å². The van der Waals surface area contributed by atoms with E-state index < -0.39 is 16.1 Å². The molecule has 0 aromatic heterocycles. The Kier molecular flexibility index (Phi) is 6.99. The van der Waals surface area contributed by atoms with E-state index in [1.54, 1.807) is 24.3 Å². The molecule has 2 saturated heterocycles. The largest absolute Gasteiger partial charge is 0.379 e. The third kappa shape index (κ3) is 5.04. The molecule has 0 radical (unpaired) electrons. The van der Waals surface area contributed by atoms with Crippen LogP contribution >= 0.6 is 11.8 Å². The lowest BCUT2D eigenvalue weighted by molar-refractivity contribution is -0.119. The predicted molar refractivity (Wildman–Crippen MR) is 123 cm³/mol. The second-order valence-electron chi connectivity index (χ2n) is 7.51. The molecule has 1 N–H and O–H groups in total. The summed E-state index contributed by atoms with van der Waals surface area (Å²) >= 11 is 1.47. The van der Waals surface area contributed by atoms with E-state index in [-0.39, 0.29) is 16.7 Å². The van der Waals surface area contributed by atoms with Crippen LogP contribution < -0.4 is 5.32 Å². The van der Waals surface area contributed by atoms with Crippen LogP contribution in [0.5, 0.6) is 0 Å². The van der Waals surface area contributed by atoms with E-state index in [1.165, 1.54) is 45.2 Å². The highest BCUT2D eigenvalue weighted by Gasteiger charge is 2.35. The lowest BCUT2D eigenvalue weighted by Gasteiger charge is -2.26. The molecule has 2 fully saturated rings. The molecular weight excluding hydrogens is 464 g/mol. The molecular formula is C22H22N4O5S2. The first-order chi connectivity index (χ1) is 15.9. The van der Waals surface area contributed by atoms with Crippen LogP contribution in [0.2, 0.25) is 0 Å². The molecule has 1 atom stereocenters. The highest BCUT2D eigenvalue weighted by Crippen LogP contribution is 2.25. The molecule has 9 nitrogen and oxygen atoms in total. The van der Waals surface area contributed by atoms with Crippen molar-refractivity contribution in [3.63, 3.8) is 0 Å². The van der Waals surface area contributed by atoms with Gasteiger partial charge in [-0.1, -0.05) is 0 Å². The molecule has 2 amide bonds. The number of rotatable bonds is 5. The van der Waals surface area contributed by atoms with E-state index in [1.807, 2.05) is 6.07 Å². The average Bonchev–Trinajstić information content (AvgIpc) is 3.35. The Morgan fingerprint density at radius 3 is 2.36 bits per heavy atom. The van der Waals surface area contributed by atoms with E-state index in [9.17, 15) is 18.0 Å². The van der Waals surface area contributed by atoms with Crippen LogP contribution in [0.4, 0.5) is 5.69 Å². The van der Waals surface area contributed by atoms with Gasteiger partial charge in [-0.3, -0.25) is 9.59 Å². The van der Waals surface area contributed by atoms with Gasteiger partial charge < -0.3 is 15.0 Å². The summed E-state index contributed by atoms with van der Waals surface area (Å²) in [5.74, 6) is 0.162. The van der Waals surface area contributed by atoms with Crippen molar-refractivity contribution in [1.29, 1.82) is 5.26 Å². The quantitative estimate of drug-likeness (QED) is 0.683. The Bertz CT molecular complexity index is 1170. The summed E-state index contributed by atoms with van der Waals surface area (Å²) in [7, 11) is -3.65. The number of benzene rings is 2. The molecule has 33 heavy (non-hydrogen) atoms. The number of carbonyl (C=O) groups excluding carboxylic acids is 2. The van der Waals surface area contributed by atoms with Crippen molar-refractivity contribution in [2.45, 2.75) is 10.9 Å². The standard InChI is InChI=1S/C22H22N4O5S2/c23-13-16-1-5-18(6-2-16)24-21(27)20-14-32-15-26(20)22(28)17-3-7-19(8-4-17)33(29,30)25-9-11-31-12-10-25/h1-8,20H,9-12,14-15H2,(H,24,27). The molecule has 2 aromatic rings. The van der Waals surface area contributed by atoms with Gasteiger partial charge in [0, 0.05) is 30.1 Å². The third-order valence-corrected chi connectivity index (χ3v) is 8.36. The number of hydrogen-bond donors (Lipinski definition) is 1. The van der Waals surface area contributed by atoms with Crippen LogP contribution in [0.15, 0.2) is 53.4 Å². The highest BCUT2D eigenvalue weighted by molar-refractivity contribution is 7.99. The number of anilines is 1. The van der Waals surface area contributed by atoms with Gasteiger partial charge in [-0.05, 0) is 48.5 Å². The molecule has 2 aliphatic rings. The fourth-order valence-electron chi connectivity index (χ4n) is 3.59. The zero-order chi connectivity index (χ0) is 23.4. The summed E-state index contributed by atoms with van der Waals surface area (Å²) in [5, 5.41) is 11.7. The van der Waals surface area contributed by atoms with Gasteiger partial charge in [0.25, 0.3) is 5.91 Å². The molecule has 1 unspecified atom stereocenters. The summed E-state index contributed by atoms with van der Waals surface area (Å²) in [4.78, 5) is 27.5. The molecule has 2 heterocycles. The molecule has 0 aliphatic carbocycles. The van der Waals surface area contributed by atoms with Gasteiger partial charge in [-0.15, -0.1) is 11.8 Å². The zero-order valence-corrected chi connectivity index (χ0v) is 19.3. The van der Waals surface area contributed by atoms with Gasteiger partial charge in [0.05, 0.1) is 35.6 Å². The number of nitrogens with zero attached hydrogens (tertiary/aromatic N) is 3. The van der Waals surface area contributed by atoms with Crippen LogP contribution in [0.1, 0.15) is 15.9 Å². The third-order valence-electron chi connectivity index (χ3n) is 5.44. The number of thioether (sulfide) groups is 1. The SMILES string of the molecule is N#Cc1ccc(NC(=O)C2CSCN2C(=O)c2ccc(S(=O)(=O)N3CCOCC3)cc2)cc1. The fourth-order valence-corrected chi connectivity index (χ4v) is 6.15. The Labute approximate surface area is 196 Å². The number of nitriles is 1. The molecule has 2 aromatic carbocycles. The van der Waals surface area contributed by atoms with E-state index >= 15 is 0 Å². The van der Waals surface area contributed by atoms with Crippen LogP contribution in [-0.4, -0.2) is 73.4 Å². The topological polar surface area (TPSA) is 120 Å². The minimum Gasteiger partial charge on any atom is -0.379 e. The summed E-state index contributed by atoms with van der Waals surface area (Å²) in [6.07, 6.45) is 0. The normalized spacial score (nSPS) is 19.1. The van der Waals surface area contributed by atoms with Crippen molar-refractivity contribution in [3.05, 3.63) is 59.7 Å². The van der Waals surface area contributed by atoms with Gasteiger partial charge in [0.2, 0.25) is 15.9 Å². The molecule has 11 heteroatoms. The number of sulfonamides is 1. The first-order valence-electron chi connectivity index (χ1n) is 10.3. The molecule has 172 valence electrons. The van der Waals surface area contributed by atoms with Gasteiger partial charge >= 0.3 is 0 Å². The molecule has 0 bridgehead atoms. The number of morpholine rings is 1. The van der Waals surface area contributed by atoms with Gasteiger partial charge in [-0.2, -0.15) is 9.57 Å². The summed E-state index contributed by atoms with van der Waals surface area (Å²) < 4.78 is 32.1. The van der Waals surface area contributed by atoms with Crippen molar-refractivity contribution < 1.29 is 22.7 Å².